The Hall–Kier alpha value is -1.12. The summed E-state index contributed by atoms with van der Waals surface area (Å²) in [6.07, 6.45) is 2.99. The lowest BCUT2D eigenvalue weighted by Crippen LogP contribution is -2.17. The predicted molar refractivity (Wildman–Crippen MR) is 40.9 cm³/mol. The van der Waals surface area contributed by atoms with Gasteiger partial charge in [-0.05, 0) is 6.92 Å². The molecule has 0 fully saturated rings. The van der Waals surface area contributed by atoms with Crippen LogP contribution in [0.1, 0.15) is 6.92 Å². The minimum atomic E-state index is 0.834. The number of rotatable bonds is 2. The van der Waals surface area contributed by atoms with Crippen molar-refractivity contribution in [3.05, 3.63) is 12.8 Å². The van der Waals surface area contributed by atoms with Crippen LogP contribution in [0.15, 0.2) is 22.8 Å². The van der Waals surface area contributed by atoms with Gasteiger partial charge >= 0.3 is 0 Å². The van der Waals surface area contributed by atoms with Crippen molar-refractivity contribution >= 4 is 12.2 Å². The van der Waals surface area contributed by atoms with E-state index in [2.05, 4.69) is 21.9 Å². The third kappa shape index (κ3) is 4.74. The summed E-state index contributed by atoms with van der Waals surface area (Å²) < 4.78 is 0. The fraction of sp³-hybridized carbons (Fsp3) is 0.333. The van der Waals surface area contributed by atoms with E-state index in [0.717, 1.165) is 5.84 Å². The highest BCUT2D eigenvalue weighted by Gasteiger charge is 1.77. The van der Waals surface area contributed by atoms with Crippen molar-refractivity contribution in [3.8, 4) is 0 Å². The molecule has 9 heavy (non-hydrogen) atoms. The molecule has 0 spiro atoms. The first-order valence-corrected chi connectivity index (χ1v) is 2.63. The summed E-state index contributed by atoms with van der Waals surface area (Å²) in [5.41, 5.74) is 0. The molecule has 0 aliphatic carbocycles. The summed E-state index contributed by atoms with van der Waals surface area (Å²) in [6, 6.07) is 0. The molecule has 0 atom stereocenters. The maximum atomic E-state index is 3.84. The van der Waals surface area contributed by atoms with E-state index in [1.54, 1.807) is 7.05 Å². The molecule has 0 aromatic heterocycles. The zero-order chi connectivity index (χ0) is 7.11. The smallest absolute Gasteiger partial charge is 0.0979 e. The van der Waals surface area contributed by atoms with Crippen molar-refractivity contribution in [2.75, 3.05) is 7.05 Å². The number of hydrogen-bond acceptors (Lipinski definition) is 2. The van der Waals surface area contributed by atoms with Crippen LogP contribution in [0.2, 0.25) is 0 Å². The van der Waals surface area contributed by atoms with E-state index in [1.165, 1.54) is 12.5 Å². The SMILES string of the molecule is C=CN=CNC(C)=NC. The van der Waals surface area contributed by atoms with Gasteiger partial charge in [-0.15, -0.1) is 0 Å². The van der Waals surface area contributed by atoms with Gasteiger partial charge in [0.25, 0.3) is 0 Å². The number of aliphatic imine (C=N–C) groups is 2. The van der Waals surface area contributed by atoms with Gasteiger partial charge in [0, 0.05) is 13.2 Å². The highest BCUT2D eigenvalue weighted by atomic mass is 15.0. The molecule has 3 heteroatoms. The summed E-state index contributed by atoms with van der Waals surface area (Å²) in [5, 5.41) is 2.82. The zero-order valence-corrected chi connectivity index (χ0v) is 5.76. The molecule has 0 aliphatic heterocycles. The van der Waals surface area contributed by atoms with Crippen molar-refractivity contribution in [2.45, 2.75) is 6.92 Å². The minimum Gasteiger partial charge on any atom is -0.335 e. The second-order valence-corrected chi connectivity index (χ2v) is 1.41. The molecule has 0 aliphatic rings. The van der Waals surface area contributed by atoms with Crippen molar-refractivity contribution in [1.29, 1.82) is 0 Å². The lowest BCUT2D eigenvalue weighted by atomic mass is 10.7. The Balaban J connectivity index is 3.50. The number of nitrogens with one attached hydrogen (secondary N) is 1. The van der Waals surface area contributed by atoms with Crippen molar-refractivity contribution in [3.63, 3.8) is 0 Å². The van der Waals surface area contributed by atoms with Gasteiger partial charge in [-0.2, -0.15) is 0 Å². The van der Waals surface area contributed by atoms with Gasteiger partial charge in [-0.25, -0.2) is 4.99 Å². The third-order valence-corrected chi connectivity index (χ3v) is 0.789. The Morgan fingerprint density at radius 1 is 1.67 bits per heavy atom. The average molecular weight is 125 g/mol. The van der Waals surface area contributed by atoms with E-state index < -0.39 is 0 Å². The van der Waals surface area contributed by atoms with Crippen LogP contribution in [0.4, 0.5) is 0 Å². The Labute approximate surface area is 55.2 Å². The van der Waals surface area contributed by atoms with Crippen molar-refractivity contribution < 1.29 is 0 Å². The summed E-state index contributed by atoms with van der Waals surface area (Å²) in [7, 11) is 1.71. The molecule has 3 nitrogen and oxygen atoms in total. The Morgan fingerprint density at radius 2 is 2.33 bits per heavy atom. The van der Waals surface area contributed by atoms with Crippen molar-refractivity contribution in [2.24, 2.45) is 9.98 Å². The number of amidine groups is 1. The normalized spacial score (nSPS) is 12.0. The van der Waals surface area contributed by atoms with E-state index in [1.807, 2.05) is 6.92 Å². The van der Waals surface area contributed by atoms with E-state index in [9.17, 15) is 0 Å². The van der Waals surface area contributed by atoms with Gasteiger partial charge in [0.1, 0.15) is 0 Å². The molecule has 0 radical (unpaired) electrons. The Morgan fingerprint density at radius 3 is 2.78 bits per heavy atom. The molecule has 0 rings (SSSR count). The van der Waals surface area contributed by atoms with Crippen LogP contribution in [-0.4, -0.2) is 19.2 Å². The van der Waals surface area contributed by atoms with Gasteiger partial charge in [-0.1, -0.05) is 6.58 Å². The second kappa shape index (κ2) is 5.03. The molecule has 0 bridgehead atoms. The molecule has 0 unspecified atom stereocenters. The Kier molecular flexibility index (Phi) is 4.40. The molecule has 0 aromatic carbocycles. The summed E-state index contributed by atoms with van der Waals surface area (Å²) in [5.74, 6) is 0.834. The number of hydrogen-bond donors (Lipinski definition) is 1. The first kappa shape index (κ1) is 7.88. The van der Waals surface area contributed by atoms with E-state index in [-0.39, 0.29) is 0 Å². The minimum absolute atomic E-state index is 0.834. The van der Waals surface area contributed by atoms with Crippen molar-refractivity contribution in [1.82, 2.24) is 5.32 Å². The summed E-state index contributed by atoms with van der Waals surface area (Å²) in [4.78, 5) is 7.55. The van der Waals surface area contributed by atoms with Gasteiger partial charge < -0.3 is 5.32 Å². The lowest BCUT2D eigenvalue weighted by Gasteiger charge is -1.92. The van der Waals surface area contributed by atoms with Crippen LogP contribution >= 0.6 is 0 Å². The summed E-state index contributed by atoms with van der Waals surface area (Å²) in [6.45, 7) is 5.26. The van der Waals surface area contributed by atoms with Gasteiger partial charge in [0.05, 0.1) is 12.2 Å². The second-order valence-electron chi connectivity index (χ2n) is 1.41. The molecular weight excluding hydrogens is 114 g/mol. The van der Waals surface area contributed by atoms with Gasteiger partial charge in [0.2, 0.25) is 0 Å². The van der Waals surface area contributed by atoms with E-state index >= 15 is 0 Å². The fourth-order valence-electron chi connectivity index (χ4n) is 0.248. The van der Waals surface area contributed by atoms with Gasteiger partial charge in [-0.3, -0.25) is 4.99 Å². The largest absolute Gasteiger partial charge is 0.335 e. The molecule has 0 aromatic rings. The standard InChI is InChI=1S/C6H11N3/c1-4-8-5-9-6(2)7-3/h4-5H,1H2,2-3H3,(H,7,8,9). The van der Waals surface area contributed by atoms with Crippen LogP contribution in [0.3, 0.4) is 0 Å². The van der Waals surface area contributed by atoms with Crippen LogP contribution < -0.4 is 5.32 Å². The molecule has 0 saturated heterocycles. The maximum absolute atomic E-state index is 3.84. The molecule has 1 N–H and O–H groups in total. The highest BCUT2D eigenvalue weighted by molar-refractivity contribution is 5.89. The zero-order valence-electron chi connectivity index (χ0n) is 5.76. The van der Waals surface area contributed by atoms with Crippen LogP contribution in [0.25, 0.3) is 0 Å². The monoisotopic (exact) mass is 125 g/mol. The highest BCUT2D eigenvalue weighted by Crippen LogP contribution is 1.65. The predicted octanol–water partition coefficient (Wildman–Crippen LogP) is 0.796. The third-order valence-electron chi connectivity index (χ3n) is 0.789. The number of nitrogens with zero attached hydrogens (tertiary/aromatic N) is 2. The van der Waals surface area contributed by atoms with Crippen LogP contribution in [0, 0.1) is 0 Å². The van der Waals surface area contributed by atoms with E-state index in [0.29, 0.717) is 0 Å². The average Bonchev–Trinajstić information content (AvgIpc) is 1.89. The molecule has 0 heterocycles. The molecular formula is C6H11N3. The molecule has 0 amide bonds. The van der Waals surface area contributed by atoms with Crippen LogP contribution in [-0.2, 0) is 0 Å². The molecule has 0 saturated carbocycles. The lowest BCUT2D eigenvalue weighted by molar-refractivity contribution is 1.29. The fourth-order valence-corrected chi connectivity index (χ4v) is 0.248. The Bertz CT molecular complexity index is 135. The van der Waals surface area contributed by atoms with Crippen LogP contribution in [0.5, 0.6) is 0 Å². The van der Waals surface area contributed by atoms with E-state index in [4.69, 9.17) is 0 Å². The first-order valence-electron chi connectivity index (χ1n) is 2.63. The topological polar surface area (TPSA) is 36.8 Å². The quantitative estimate of drug-likeness (QED) is 0.430. The molecule has 50 valence electrons. The summed E-state index contributed by atoms with van der Waals surface area (Å²) >= 11 is 0. The maximum Gasteiger partial charge on any atom is 0.0979 e. The van der Waals surface area contributed by atoms with Gasteiger partial charge in [0.15, 0.2) is 0 Å². The first-order chi connectivity index (χ1) is 4.31.